The molecule has 0 aliphatic carbocycles. The summed E-state index contributed by atoms with van der Waals surface area (Å²) in [6.45, 7) is 3.54. The molecule has 0 atom stereocenters. The third-order valence-corrected chi connectivity index (χ3v) is 3.93. The molecule has 2 aromatic heterocycles. The summed E-state index contributed by atoms with van der Waals surface area (Å²) in [5.41, 5.74) is 2.33. The molecule has 0 fully saturated rings. The van der Waals surface area contributed by atoms with Crippen LogP contribution in [0.4, 0.5) is 5.69 Å². The van der Waals surface area contributed by atoms with Gasteiger partial charge in [-0.2, -0.15) is 10.2 Å². The van der Waals surface area contributed by atoms with Crippen LogP contribution in [-0.4, -0.2) is 30.4 Å². The lowest BCUT2D eigenvalue weighted by Crippen LogP contribution is -2.24. The lowest BCUT2D eigenvalue weighted by atomic mass is 10.1. The molecule has 9 nitrogen and oxygen atoms in total. The van der Waals surface area contributed by atoms with Crippen molar-refractivity contribution < 1.29 is 9.72 Å². The van der Waals surface area contributed by atoms with Gasteiger partial charge >= 0.3 is 5.69 Å². The SMILES string of the molecule is CCn1nccc1CNC(=O)c1ccc(Cn2cc([N+](=O)[O-])cn2)cc1. The molecule has 26 heavy (non-hydrogen) atoms. The Morgan fingerprint density at radius 2 is 2.00 bits per heavy atom. The molecule has 0 aliphatic heterocycles. The number of hydrogen-bond donors (Lipinski definition) is 1. The lowest BCUT2D eigenvalue weighted by Gasteiger charge is -2.08. The standard InChI is InChI=1S/C17H18N6O3/c1-2-22-15(7-8-19-22)9-18-17(24)14-5-3-13(4-6-14)11-21-12-16(10-20-21)23(25)26/h3-8,10,12H,2,9,11H2,1H3,(H,18,24). The number of benzene rings is 1. The van der Waals surface area contributed by atoms with Gasteiger partial charge in [-0.3, -0.25) is 24.3 Å². The van der Waals surface area contributed by atoms with Crippen molar-refractivity contribution in [2.75, 3.05) is 0 Å². The minimum Gasteiger partial charge on any atom is -0.346 e. The van der Waals surface area contributed by atoms with E-state index in [1.165, 1.54) is 17.1 Å². The van der Waals surface area contributed by atoms with Crippen molar-refractivity contribution in [2.45, 2.75) is 26.6 Å². The van der Waals surface area contributed by atoms with Crippen LogP contribution in [0.25, 0.3) is 0 Å². The number of carbonyl (C=O) groups is 1. The van der Waals surface area contributed by atoms with Crippen LogP contribution in [0, 0.1) is 10.1 Å². The Kier molecular flexibility index (Phi) is 5.07. The first kappa shape index (κ1) is 17.3. The summed E-state index contributed by atoms with van der Waals surface area (Å²) in [4.78, 5) is 22.4. The second-order valence-electron chi connectivity index (χ2n) is 5.67. The van der Waals surface area contributed by atoms with Crippen LogP contribution in [0.2, 0.25) is 0 Å². The summed E-state index contributed by atoms with van der Waals surface area (Å²) in [6, 6.07) is 8.92. The van der Waals surface area contributed by atoms with Crippen molar-refractivity contribution in [3.63, 3.8) is 0 Å². The van der Waals surface area contributed by atoms with E-state index < -0.39 is 4.92 Å². The van der Waals surface area contributed by atoms with E-state index in [9.17, 15) is 14.9 Å². The van der Waals surface area contributed by atoms with Gasteiger partial charge in [-0.15, -0.1) is 0 Å². The fraction of sp³-hybridized carbons (Fsp3) is 0.235. The molecule has 0 radical (unpaired) electrons. The number of hydrogen-bond acceptors (Lipinski definition) is 5. The summed E-state index contributed by atoms with van der Waals surface area (Å²) >= 11 is 0. The molecule has 0 bridgehead atoms. The third-order valence-electron chi connectivity index (χ3n) is 3.93. The van der Waals surface area contributed by atoms with Crippen molar-refractivity contribution in [1.82, 2.24) is 24.9 Å². The zero-order valence-corrected chi connectivity index (χ0v) is 14.2. The average Bonchev–Trinajstić information content (AvgIpc) is 3.29. The normalized spacial score (nSPS) is 10.7. The minimum atomic E-state index is -0.485. The van der Waals surface area contributed by atoms with Crippen LogP contribution >= 0.6 is 0 Å². The third kappa shape index (κ3) is 3.94. The molecule has 3 rings (SSSR count). The van der Waals surface area contributed by atoms with E-state index in [1.54, 1.807) is 30.5 Å². The fourth-order valence-corrected chi connectivity index (χ4v) is 2.55. The summed E-state index contributed by atoms with van der Waals surface area (Å²) in [6.07, 6.45) is 4.29. The average molecular weight is 354 g/mol. The highest BCUT2D eigenvalue weighted by atomic mass is 16.6. The van der Waals surface area contributed by atoms with Crippen LogP contribution in [0.1, 0.15) is 28.5 Å². The maximum Gasteiger partial charge on any atom is 0.307 e. The zero-order valence-electron chi connectivity index (χ0n) is 14.2. The van der Waals surface area contributed by atoms with Crippen LogP contribution < -0.4 is 5.32 Å². The number of aryl methyl sites for hydroxylation is 1. The van der Waals surface area contributed by atoms with E-state index in [0.717, 1.165) is 17.8 Å². The lowest BCUT2D eigenvalue weighted by molar-refractivity contribution is -0.385. The molecule has 2 heterocycles. The molecule has 0 spiro atoms. The molecule has 0 saturated carbocycles. The molecule has 134 valence electrons. The molecular weight excluding hydrogens is 336 g/mol. The second-order valence-corrected chi connectivity index (χ2v) is 5.67. The van der Waals surface area contributed by atoms with Crippen molar-refractivity contribution in [1.29, 1.82) is 0 Å². The number of rotatable bonds is 7. The molecule has 1 amide bonds. The van der Waals surface area contributed by atoms with Gasteiger partial charge in [0.2, 0.25) is 0 Å². The maximum atomic E-state index is 12.3. The molecule has 0 unspecified atom stereocenters. The Hall–Kier alpha value is -3.49. The Morgan fingerprint density at radius 3 is 2.65 bits per heavy atom. The minimum absolute atomic E-state index is 0.0488. The molecule has 9 heteroatoms. The van der Waals surface area contributed by atoms with Crippen molar-refractivity contribution >= 4 is 11.6 Å². The monoisotopic (exact) mass is 354 g/mol. The van der Waals surface area contributed by atoms with Gasteiger partial charge in [0.05, 0.1) is 23.7 Å². The number of aromatic nitrogens is 4. The molecule has 0 aliphatic rings. The van der Waals surface area contributed by atoms with Crippen molar-refractivity contribution in [3.8, 4) is 0 Å². The highest BCUT2D eigenvalue weighted by molar-refractivity contribution is 5.94. The number of amides is 1. The van der Waals surface area contributed by atoms with E-state index in [-0.39, 0.29) is 11.6 Å². The van der Waals surface area contributed by atoms with Crippen LogP contribution in [0.15, 0.2) is 48.9 Å². The van der Waals surface area contributed by atoms with E-state index in [4.69, 9.17) is 0 Å². The van der Waals surface area contributed by atoms with Gasteiger partial charge in [-0.25, -0.2) is 0 Å². The zero-order chi connectivity index (χ0) is 18.5. The highest BCUT2D eigenvalue weighted by Gasteiger charge is 2.10. The molecule has 3 aromatic rings. The summed E-state index contributed by atoms with van der Waals surface area (Å²) < 4.78 is 3.31. The first-order valence-electron chi connectivity index (χ1n) is 8.11. The van der Waals surface area contributed by atoms with E-state index in [1.807, 2.05) is 17.7 Å². The smallest absolute Gasteiger partial charge is 0.307 e. The van der Waals surface area contributed by atoms with Gasteiger partial charge in [-0.05, 0) is 30.7 Å². The number of nitro groups is 1. The van der Waals surface area contributed by atoms with Crippen LogP contribution in [-0.2, 0) is 19.6 Å². The van der Waals surface area contributed by atoms with Crippen molar-refractivity contribution in [2.24, 2.45) is 0 Å². The molecule has 1 N–H and O–H groups in total. The number of nitrogens with zero attached hydrogens (tertiary/aromatic N) is 5. The molecular formula is C17H18N6O3. The molecule has 1 aromatic carbocycles. The van der Waals surface area contributed by atoms with Gasteiger partial charge in [0.15, 0.2) is 0 Å². The quantitative estimate of drug-likeness (QED) is 0.515. The first-order chi connectivity index (χ1) is 12.6. The van der Waals surface area contributed by atoms with Gasteiger partial charge in [0, 0.05) is 18.3 Å². The Balaban J connectivity index is 1.59. The fourth-order valence-electron chi connectivity index (χ4n) is 2.55. The van der Waals surface area contributed by atoms with Crippen LogP contribution in [0.5, 0.6) is 0 Å². The predicted molar refractivity (Wildman–Crippen MR) is 93.5 cm³/mol. The van der Waals surface area contributed by atoms with E-state index in [0.29, 0.717) is 18.7 Å². The van der Waals surface area contributed by atoms with Gasteiger partial charge in [-0.1, -0.05) is 12.1 Å². The Labute approximate surface area is 149 Å². The van der Waals surface area contributed by atoms with Gasteiger partial charge in [0.1, 0.15) is 12.4 Å². The predicted octanol–water partition coefficient (Wildman–Crippen LogP) is 1.99. The Morgan fingerprint density at radius 1 is 1.23 bits per heavy atom. The summed E-state index contributed by atoms with van der Waals surface area (Å²) in [7, 11) is 0. The second kappa shape index (κ2) is 7.60. The van der Waals surface area contributed by atoms with E-state index in [2.05, 4.69) is 15.5 Å². The van der Waals surface area contributed by atoms with Gasteiger partial charge in [0.25, 0.3) is 5.91 Å². The van der Waals surface area contributed by atoms with Gasteiger partial charge < -0.3 is 5.32 Å². The summed E-state index contributed by atoms with van der Waals surface area (Å²) in [5, 5.41) is 21.7. The van der Waals surface area contributed by atoms with Crippen molar-refractivity contribution in [3.05, 3.63) is 75.9 Å². The number of nitrogens with one attached hydrogen (secondary N) is 1. The Bertz CT molecular complexity index is 913. The molecule has 0 saturated heterocycles. The highest BCUT2D eigenvalue weighted by Crippen LogP contribution is 2.11. The maximum absolute atomic E-state index is 12.3. The largest absolute Gasteiger partial charge is 0.346 e. The summed E-state index contributed by atoms with van der Waals surface area (Å²) in [5.74, 6) is -0.171. The van der Waals surface area contributed by atoms with E-state index >= 15 is 0 Å². The number of carbonyl (C=O) groups excluding carboxylic acids is 1. The van der Waals surface area contributed by atoms with Crippen LogP contribution in [0.3, 0.4) is 0 Å². The topological polar surface area (TPSA) is 108 Å². The first-order valence-corrected chi connectivity index (χ1v) is 8.11.